The molecule has 0 unspecified atom stereocenters. The molecule has 2 N–H and O–H groups in total. The first-order chi connectivity index (χ1) is 7.79. The molecule has 0 atom stereocenters. The Balaban J connectivity index is 2.03. The Morgan fingerprint density at radius 3 is 2.50 bits per heavy atom. The minimum atomic E-state index is 0.600. The van der Waals surface area contributed by atoms with E-state index in [2.05, 4.69) is 41.2 Å². The van der Waals surface area contributed by atoms with Crippen LogP contribution in [0.4, 0.5) is 5.13 Å². The zero-order chi connectivity index (χ0) is 11.4. The van der Waals surface area contributed by atoms with Gasteiger partial charge in [0.15, 0.2) is 5.13 Å². The van der Waals surface area contributed by atoms with Gasteiger partial charge in [-0.2, -0.15) is 0 Å². The highest BCUT2D eigenvalue weighted by Crippen LogP contribution is 2.18. The lowest BCUT2D eigenvalue weighted by atomic mass is 10.1. The van der Waals surface area contributed by atoms with Crippen LogP contribution in [0.15, 0.2) is 35.8 Å². The maximum Gasteiger partial charge on any atom is 0.185 e. The second-order valence-corrected chi connectivity index (χ2v) is 4.56. The van der Waals surface area contributed by atoms with Gasteiger partial charge in [0.05, 0.1) is 0 Å². The summed E-state index contributed by atoms with van der Waals surface area (Å²) < 4.78 is 0. The molecule has 2 rings (SSSR count). The molecule has 0 bridgehead atoms. The first kappa shape index (κ1) is 11.1. The van der Waals surface area contributed by atoms with Gasteiger partial charge in [0.25, 0.3) is 0 Å². The molecule has 1 aromatic carbocycles. The highest BCUT2D eigenvalue weighted by molar-refractivity contribution is 7.13. The summed E-state index contributed by atoms with van der Waals surface area (Å²) in [6.07, 6.45) is 1.83. The number of rotatable bonds is 4. The summed E-state index contributed by atoms with van der Waals surface area (Å²) in [4.78, 5) is 6.41. The van der Waals surface area contributed by atoms with Gasteiger partial charge in [0, 0.05) is 31.7 Å². The van der Waals surface area contributed by atoms with Gasteiger partial charge in [-0.25, -0.2) is 4.98 Å². The largest absolute Gasteiger partial charge is 0.347 e. The van der Waals surface area contributed by atoms with Crippen molar-refractivity contribution in [3.63, 3.8) is 0 Å². The van der Waals surface area contributed by atoms with Gasteiger partial charge in [-0.1, -0.05) is 24.3 Å². The molecule has 84 valence electrons. The van der Waals surface area contributed by atoms with Crippen molar-refractivity contribution in [1.29, 1.82) is 0 Å². The number of nitrogens with two attached hydrogens (primary N) is 1. The third-order valence-corrected chi connectivity index (χ3v) is 3.31. The molecule has 1 heterocycles. The predicted octanol–water partition coefficient (Wildman–Crippen LogP) is 2.24. The Morgan fingerprint density at radius 1 is 1.25 bits per heavy atom. The Bertz CT molecular complexity index is 422. The minimum Gasteiger partial charge on any atom is -0.347 e. The van der Waals surface area contributed by atoms with Crippen LogP contribution in [0.2, 0.25) is 0 Å². The van der Waals surface area contributed by atoms with E-state index in [0.717, 1.165) is 11.7 Å². The zero-order valence-corrected chi connectivity index (χ0v) is 10.1. The summed E-state index contributed by atoms with van der Waals surface area (Å²) in [5.74, 6) is 0. The molecular weight excluding hydrogens is 218 g/mol. The summed E-state index contributed by atoms with van der Waals surface area (Å²) in [5, 5.41) is 3.03. The second kappa shape index (κ2) is 5.09. The van der Waals surface area contributed by atoms with E-state index in [9.17, 15) is 0 Å². The maximum atomic E-state index is 5.56. The molecule has 0 saturated carbocycles. The van der Waals surface area contributed by atoms with Gasteiger partial charge in [-0.15, -0.1) is 11.3 Å². The van der Waals surface area contributed by atoms with Gasteiger partial charge >= 0.3 is 0 Å². The molecule has 3 nitrogen and oxygen atoms in total. The Kier molecular flexibility index (Phi) is 3.54. The molecule has 0 aliphatic carbocycles. The maximum absolute atomic E-state index is 5.56. The summed E-state index contributed by atoms with van der Waals surface area (Å²) in [6, 6.07) is 8.38. The predicted molar refractivity (Wildman–Crippen MR) is 68.6 cm³/mol. The van der Waals surface area contributed by atoms with Gasteiger partial charge in [-0.05, 0) is 11.1 Å². The molecule has 0 spiro atoms. The van der Waals surface area contributed by atoms with Crippen LogP contribution >= 0.6 is 11.3 Å². The fourth-order valence-electron chi connectivity index (χ4n) is 1.53. The molecule has 4 heteroatoms. The van der Waals surface area contributed by atoms with Gasteiger partial charge < -0.3 is 10.6 Å². The third-order valence-electron chi connectivity index (χ3n) is 2.42. The number of nitrogens with zero attached hydrogens (tertiary/aromatic N) is 2. The summed E-state index contributed by atoms with van der Waals surface area (Å²) in [6.45, 7) is 1.47. The number of thiazole rings is 1. The third kappa shape index (κ3) is 2.59. The SMILES string of the molecule is CN(Cc1ccc(CN)cc1)c1nccs1. The lowest BCUT2D eigenvalue weighted by Crippen LogP contribution is -2.15. The van der Waals surface area contributed by atoms with Crippen molar-refractivity contribution in [3.8, 4) is 0 Å². The normalized spacial score (nSPS) is 10.4. The summed E-state index contributed by atoms with van der Waals surface area (Å²) >= 11 is 1.65. The minimum absolute atomic E-state index is 0.600. The van der Waals surface area contributed by atoms with E-state index < -0.39 is 0 Å². The molecular formula is C12H15N3S. The van der Waals surface area contributed by atoms with Crippen LogP contribution < -0.4 is 10.6 Å². The van der Waals surface area contributed by atoms with Crippen molar-refractivity contribution in [2.75, 3.05) is 11.9 Å². The number of hydrogen-bond acceptors (Lipinski definition) is 4. The first-order valence-corrected chi connectivity index (χ1v) is 6.06. The van der Waals surface area contributed by atoms with Crippen LogP contribution in [0.3, 0.4) is 0 Å². The molecule has 0 amide bonds. The standard InChI is InChI=1S/C12H15N3S/c1-15(12-14-6-7-16-12)9-11-4-2-10(8-13)3-5-11/h2-7H,8-9,13H2,1H3. The van der Waals surface area contributed by atoms with E-state index in [1.807, 2.05) is 11.6 Å². The van der Waals surface area contributed by atoms with E-state index in [0.29, 0.717) is 6.54 Å². The average molecular weight is 233 g/mol. The second-order valence-electron chi connectivity index (χ2n) is 3.69. The molecule has 0 radical (unpaired) electrons. The van der Waals surface area contributed by atoms with E-state index in [1.165, 1.54) is 11.1 Å². The molecule has 16 heavy (non-hydrogen) atoms. The fraction of sp³-hybridized carbons (Fsp3) is 0.250. The van der Waals surface area contributed by atoms with Crippen molar-refractivity contribution in [2.24, 2.45) is 5.73 Å². The monoisotopic (exact) mass is 233 g/mol. The van der Waals surface area contributed by atoms with Crippen LogP contribution in [0.25, 0.3) is 0 Å². The highest BCUT2D eigenvalue weighted by atomic mass is 32.1. The Morgan fingerprint density at radius 2 is 1.94 bits per heavy atom. The van der Waals surface area contributed by atoms with Gasteiger partial charge in [0.2, 0.25) is 0 Å². The Hall–Kier alpha value is -1.39. The number of benzene rings is 1. The van der Waals surface area contributed by atoms with Crippen LogP contribution in [0, 0.1) is 0 Å². The van der Waals surface area contributed by atoms with Gasteiger partial charge in [0.1, 0.15) is 0 Å². The van der Waals surface area contributed by atoms with E-state index in [4.69, 9.17) is 5.73 Å². The smallest absolute Gasteiger partial charge is 0.185 e. The van der Waals surface area contributed by atoms with Crippen molar-refractivity contribution in [3.05, 3.63) is 47.0 Å². The molecule has 1 aromatic heterocycles. The van der Waals surface area contributed by atoms with Crippen molar-refractivity contribution < 1.29 is 0 Å². The molecule has 2 aromatic rings. The fourth-order valence-corrected chi connectivity index (χ4v) is 2.14. The van der Waals surface area contributed by atoms with Gasteiger partial charge in [-0.3, -0.25) is 0 Å². The quantitative estimate of drug-likeness (QED) is 0.880. The molecule has 0 saturated heterocycles. The van der Waals surface area contributed by atoms with Crippen LogP contribution in [-0.2, 0) is 13.1 Å². The van der Waals surface area contributed by atoms with E-state index in [1.54, 1.807) is 11.3 Å². The van der Waals surface area contributed by atoms with Crippen molar-refractivity contribution >= 4 is 16.5 Å². The summed E-state index contributed by atoms with van der Waals surface area (Å²) in [5.41, 5.74) is 8.00. The van der Waals surface area contributed by atoms with Crippen molar-refractivity contribution in [2.45, 2.75) is 13.1 Å². The summed E-state index contributed by atoms with van der Waals surface area (Å²) in [7, 11) is 2.05. The molecule has 0 fully saturated rings. The van der Waals surface area contributed by atoms with E-state index in [-0.39, 0.29) is 0 Å². The number of hydrogen-bond donors (Lipinski definition) is 1. The first-order valence-electron chi connectivity index (χ1n) is 5.18. The Labute approximate surface area is 99.5 Å². The average Bonchev–Trinajstić information content (AvgIpc) is 2.83. The number of aromatic nitrogens is 1. The van der Waals surface area contributed by atoms with Crippen LogP contribution in [0.5, 0.6) is 0 Å². The topological polar surface area (TPSA) is 42.1 Å². The zero-order valence-electron chi connectivity index (χ0n) is 9.26. The van der Waals surface area contributed by atoms with E-state index >= 15 is 0 Å². The van der Waals surface area contributed by atoms with Crippen LogP contribution in [-0.4, -0.2) is 12.0 Å². The molecule has 0 aliphatic heterocycles. The highest BCUT2D eigenvalue weighted by Gasteiger charge is 2.03. The molecule has 0 aliphatic rings. The van der Waals surface area contributed by atoms with Crippen molar-refractivity contribution in [1.82, 2.24) is 4.98 Å². The van der Waals surface area contributed by atoms with Crippen LogP contribution in [0.1, 0.15) is 11.1 Å². The lowest BCUT2D eigenvalue weighted by Gasteiger charge is -2.15. The lowest BCUT2D eigenvalue weighted by molar-refractivity contribution is 0.912. The number of anilines is 1.